The Balaban J connectivity index is 2.05. The summed E-state index contributed by atoms with van der Waals surface area (Å²) in [4.78, 5) is 13.7. The highest BCUT2D eigenvalue weighted by molar-refractivity contribution is 5.71. The average molecular weight is 211 g/mol. The summed E-state index contributed by atoms with van der Waals surface area (Å²) in [6.45, 7) is 8.56. The van der Waals surface area contributed by atoms with Gasteiger partial charge in [-0.15, -0.1) is 0 Å². The average Bonchev–Trinajstić information content (AvgIpc) is 2.68. The Morgan fingerprint density at radius 1 is 1.40 bits per heavy atom. The number of likely N-dealkylation sites (tertiary alicyclic amines) is 1. The molecule has 0 spiro atoms. The van der Waals surface area contributed by atoms with E-state index >= 15 is 0 Å². The number of nitrogens with zero attached hydrogens (tertiary/aromatic N) is 1. The van der Waals surface area contributed by atoms with Crippen LogP contribution in [0.4, 0.5) is 0 Å². The number of esters is 1. The summed E-state index contributed by atoms with van der Waals surface area (Å²) in [6, 6.07) is 0.552. The summed E-state index contributed by atoms with van der Waals surface area (Å²) >= 11 is 0. The van der Waals surface area contributed by atoms with Gasteiger partial charge >= 0.3 is 5.97 Å². The maximum absolute atomic E-state index is 11.1. The molecule has 0 aromatic rings. The van der Waals surface area contributed by atoms with E-state index in [4.69, 9.17) is 4.74 Å². The Labute approximate surface area is 91.8 Å². The summed E-state index contributed by atoms with van der Waals surface area (Å²) < 4.78 is 5.07. The zero-order valence-electron chi connectivity index (χ0n) is 9.95. The standard InChI is InChI=1S/C12H21NO2/c1-12(2,3)13-6-4-5-10(13)9-7-11(14)15-8-9/h9-10H,4-8H2,1-3H3/t9-,10-/m1/s1. The van der Waals surface area contributed by atoms with Crippen molar-refractivity contribution in [2.75, 3.05) is 13.2 Å². The zero-order chi connectivity index (χ0) is 11.1. The quantitative estimate of drug-likeness (QED) is 0.620. The van der Waals surface area contributed by atoms with Crippen LogP contribution in [-0.2, 0) is 9.53 Å². The zero-order valence-corrected chi connectivity index (χ0v) is 9.95. The van der Waals surface area contributed by atoms with E-state index in [9.17, 15) is 4.79 Å². The molecule has 2 atom stereocenters. The van der Waals surface area contributed by atoms with Crippen molar-refractivity contribution in [1.29, 1.82) is 0 Å². The highest BCUT2D eigenvalue weighted by Gasteiger charge is 2.40. The van der Waals surface area contributed by atoms with E-state index in [-0.39, 0.29) is 11.5 Å². The van der Waals surface area contributed by atoms with Crippen molar-refractivity contribution < 1.29 is 9.53 Å². The van der Waals surface area contributed by atoms with Gasteiger partial charge in [0.25, 0.3) is 0 Å². The molecule has 2 aliphatic heterocycles. The molecule has 0 aromatic carbocycles. The fraction of sp³-hybridized carbons (Fsp3) is 0.917. The summed E-state index contributed by atoms with van der Waals surface area (Å²) in [7, 11) is 0. The van der Waals surface area contributed by atoms with E-state index in [1.165, 1.54) is 19.4 Å². The van der Waals surface area contributed by atoms with Crippen LogP contribution in [0.1, 0.15) is 40.0 Å². The maximum atomic E-state index is 11.1. The Morgan fingerprint density at radius 3 is 2.67 bits per heavy atom. The van der Waals surface area contributed by atoms with Crippen LogP contribution in [-0.4, -0.2) is 35.6 Å². The fourth-order valence-corrected chi connectivity index (χ4v) is 2.89. The number of rotatable bonds is 1. The molecule has 2 saturated heterocycles. The van der Waals surface area contributed by atoms with Crippen LogP contribution in [0.3, 0.4) is 0 Å². The molecule has 86 valence electrons. The molecule has 0 N–H and O–H groups in total. The van der Waals surface area contributed by atoms with Gasteiger partial charge in [-0.05, 0) is 40.2 Å². The van der Waals surface area contributed by atoms with Crippen molar-refractivity contribution in [3.05, 3.63) is 0 Å². The molecule has 2 heterocycles. The second kappa shape index (κ2) is 3.78. The van der Waals surface area contributed by atoms with Gasteiger partial charge in [0.1, 0.15) is 0 Å². The highest BCUT2D eigenvalue weighted by Crippen LogP contribution is 2.34. The van der Waals surface area contributed by atoms with Crippen LogP contribution >= 0.6 is 0 Å². The minimum atomic E-state index is -0.0132. The third-order valence-corrected chi connectivity index (χ3v) is 3.59. The van der Waals surface area contributed by atoms with Gasteiger partial charge in [0.05, 0.1) is 13.0 Å². The van der Waals surface area contributed by atoms with Crippen molar-refractivity contribution in [1.82, 2.24) is 4.90 Å². The molecular weight excluding hydrogens is 190 g/mol. The summed E-state index contributed by atoms with van der Waals surface area (Å²) in [6.07, 6.45) is 3.10. The highest BCUT2D eigenvalue weighted by atomic mass is 16.5. The molecule has 15 heavy (non-hydrogen) atoms. The lowest BCUT2D eigenvalue weighted by molar-refractivity contribution is -0.137. The third kappa shape index (κ3) is 2.17. The number of carbonyl (C=O) groups excluding carboxylic acids is 1. The smallest absolute Gasteiger partial charge is 0.306 e. The fourth-order valence-electron chi connectivity index (χ4n) is 2.89. The summed E-state index contributed by atoms with van der Waals surface area (Å²) in [5.41, 5.74) is 0.215. The van der Waals surface area contributed by atoms with Crippen molar-refractivity contribution in [3.8, 4) is 0 Å². The minimum Gasteiger partial charge on any atom is -0.465 e. The van der Waals surface area contributed by atoms with Gasteiger partial charge < -0.3 is 4.74 Å². The number of carbonyl (C=O) groups is 1. The van der Waals surface area contributed by atoms with Crippen LogP contribution in [0.25, 0.3) is 0 Å². The second-order valence-electron chi connectivity index (χ2n) is 5.72. The van der Waals surface area contributed by atoms with Gasteiger partial charge in [0.15, 0.2) is 0 Å². The lowest BCUT2D eigenvalue weighted by Gasteiger charge is -2.39. The van der Waals surface area contributed by atoms with Crippen LogP contribution < -0.4 is 0 Å². The number of ether oxygens (including phenoxy) is 1. The Morgan fingerprint density at radius 2 is 2.13 bits per heavy atom. The van der Waals surface area contributed by atoms with Gasteiger partial charge in [0, 0.05) is 17.5 Å². The first kappa shape index (κ1) is 10.9. The molecule has 2 rings (SSSR count). The van der Waals surface area contributed by atoms with Crippen LogP contribution in [0.15, 0.2) is 0 Å². The monoisotopic (exact) mass is 211 g/mol. The van der Waals surface area contributed by atoms with Gasteiger partial charge in [-0.2, -0.15) is 0 Å². The Hall–Kier alpha value is -0.570. The van der Waals surface area contributed by atoms with Crippen molar-refractivity contribution in [2.45, 2.75) is 51.6 Å². The predicted molar refractivity (Wildman–Crippen MR) is 58.5 cm³/mol. The first-order valence-electron chi connectivity index (χ1n) is 5.91. The molecule has 2 fully saturated rings. The van der Waals surface area contributed by atoms with Crippen molar-refractivity contribution >= 4 is 5.97 Å². The van der Waals surface area contributed by atoms with Gasteiger partial charge in [-0.1, -0.05) is 0 Å². The molecule has 0 saturated carbocycles. The molecule has 0 amide bonds. The molecule has 0 unspecified atom stereocenters. The first-order chi connectivity index (χ1) is 6.98. The van der Waals surface area contributed by atoms with Crippen LogP contribution in [0.5, 0.6) is 0 Å². The predicted octanol–water partition coefficient (Wildman–Crippen LogP) is 1.81. The lowest BCUT2D eigenvalue weighted by Crippen LogP contribution is -2.47. The van der Waals surface area contributed by atoms with E-state index in [2.05, 4.69) is 25.7 Å². The van der Waals surface area contributed by atoms with Crippen molar-refractivity contribution in [3.63, 3.8) is 0 Å². The topological polar surface area (TPSA) is 29.5 Å². The molecule has 2 aliphatic rings. The van der Waals surface area contributed by atoms with Crippen LogP contribution in [0.2, 0.25) is 0 Å². The molecule has 3 heteroatoms. The van der Waals surface area contributed by atoms with Gasteiger partial charge in [-0.25, -0.2) is 0 Å². The maximum Gasteiger partial charge on any atom is 0.306 e. The number of hydrogen-bond donors (Lipinski definition) is 0. The first-order valence-corrected chi connectivity index (χ1v) is 5.91. The van der Waals surface area contributed by atoms with Gasteiger partial charge in [0.2, 0.25) is 0 Å². The lowest BCUT2D eigenvalue weighted by atomic mass is 9.93. The molecule has 0 aromatic heterocycles. The van der Waals surface area contributed by atoms with Crippen molar-refractivity contribution in [2.24, 2.45) is 5.92 Å². The second-order valence-corrected chi connectivity index (χ2v) is 5.72. The number of cyclic esters (lactones) is 1. The van der Waals surface area contributed by atoms with E-state index in [0.29, 0.717) is 25.0 Å². The van der Waals surface area contributed by atoms with E-state index < -0.39 is 0 Å². The molecule has 0 radical (unpaired) electrons. The third-order valence-electron chi connectivity index (χ3n) is 3.59. The van der Waals surface area contributed by atoms with Crippen LogP contribution in [0, 0.1) is 5.92 Å². The Bertz CT molecular complexity index is 257. The number of hydrogen-bond acceptors (Lipinski definition) is 3. The summed E-state index contributed by atoms with van der Waals surface area (Å²) in [5, 5.41) is 0. The molecule has 0 bridgehead atoms. The largest absolute Gasteiger partial charge is 0.465 e. The molecular formula is C12H21NO2. The Kier molecular flexibility index (Phi) is 2.75. The minimum absolute atomic E-state index is 0.0132. The summed E-state index contributed by atoms with van der Waals surface area (Å²) in [5.74, 6) is 0.417. The molecule has 0 aliphatic carbocycles. The van der Waals surface area contributed by atoms with E-state index in [1.807, 2.05) is 0 Å². The normalized spacial score (nSPS) is 33.4. The molecule has 3 nitrogen and oxygen atoms in total. The van der Waals surface area contributed by atoms with Gasteiger partial charge in [-0.3, -0.25) is 9.69 Å². The van der Waals surface area contributed by atoms with E-state index in [0.717, 1.165) is 0 Å². The SMILES string of the molecule is CC(C)(C)N1CCC[C@@H]1[C@H]1COC(=O)C1. The van der Waals surface area contributed by atoms with E-state index in [1.54, 1.807) is 0 Å².